The van der Waals surface area contributed by atoms with Gasteiger partial charge in [-0.1, -0.05) is 11.6 Å². The number of ether oxygens (including phenoxy) is 1. The van der Waals surface area contributed by atoms with E-state index in [1.54, 1.807) is 31.4 Å². The fourth-order valence-corrected chi connectivity index (χ4v) is 4.96. The Hall–Kier alpha value is -1.77. The van der Waals surface area contributed by atoms with E-state index in [1.165, 1.54) is 35.5 Å². The maximum absolute atomic E-state index is 13.1. The fourth-order valence-electron chi connectivity index (χ4n) is 2.30. The molecule has 0 fully saturated rings. The van der Waals surface area contributed by atoms with Crippen LogP contribution in [0.2, 0.25) is 5.15 Å². The van der Waals surface area contributed by atoms with E-state index in [1.807, 2.05) is 0 Å². The van der Waals surface area contributed by atoms with Crippen molar-refractivity contribution in [1.82, 2.24) is 14.6 Å². The minimum Gasteiger partial charge on any atom is -0.497 e. The Labute approximate surface area is 148 Å². The van der Waals surface area contributed by atoms with Crippen molar-refractivity contribution >= 4 is 38.8 Å². The summed E-state index contributed by atoms with van der Waals surface area (Å²) in [6.07, 6.45) is 1.76. The molecule has 0 aliphatic heterocycles. The third-order valence-corrected chi connectivity index (χ3v) is 6.31. The Morgan fingerprint density at radius 2 is 1.92 bits per heavy atom. The zero-order valence-corrected chi connectivity index (χ0v) is 15.5. The molecule has 0 aliphatic rings. The number of aromatic nitrogens is 3. The zero-order chi connectivity index (χ0) is 17.5. The maximum Gasteiger partial charge on any atom is 0.213 e. The molecule has 0 aliphatic carbocycles. The van der Waals surface area contributed by atoms with Crippen molar-refractivity contribution in [3.8, 4) is 5.75 Å². The lowest BCUT2D eigenvalue weighted by molar-refractivity contribution is 0.414. The molecule has 0 bridgehead atoms. The molecule has 3 rings (SSSR count). The van der Waals surface area contributed by atoms with Gasteiger partial charge in [-0.15, -0.1) is 11.8 Å². The largest absolute Gasteiger partial charge is 0.497 e. The highest BCUT2D eigenvalue weighted by Crippen LogP contribution is 2.33. The summed E-state index contributed by atoms with van der Waals surface area (Å²) in [6.45, 7) is 1.75. The number of halogens is 1. The van der Waals surface area contributed by atoms with Gasteiger partial charge in [-0.05, 0) is 43.5 Å². The number of aryl methyl sites for hydroxylation is 1. The lowest BCUT2D eigenvalue weighted by Crippen LogP contribution is -2.04. The van der Waals surface area contributed by atoms with Crippen LogP contribution in [0.3, 0.4) is 0 Å². The maximum atomic E-state index is 13.1. The van der Waals surface area contributed by atoms with Crippen LogP contribution in [0.4, 0.5) is 0 Å². The second-order valence-electron chi connectivity index (χ2n) is 4.97. The van der Waals surface area contributed by atoms with Crippen molar-refractivity contribution < 1.29 is 13.2 Å². The van der Waals surface area contributed by atoms with E-state index in [9.17, 15) is 8.42 Å². The standard InChI is InChI=1S/C15H14ClN3O3S2/c1-9-8-12(16)19-14(17-9)13(15(18-19)23-3)24(20,21)11-6-4-10(22-2)5-7-11/h4-8H,1-3H3. The predicted octanol–water partition coefficient (Wildman–Crippen LogP) is 3.25. The average molecular weight is 384 g/mol. The summed E-state index contributed by atoms with van der Waals surface area (Å²) >= 11 is 7.41. The first kappa shape index (κ1) is 17.1. The van der Waals surface area contributed by atoms with Crippen LogP contribution < -0.4 is 4.74 Å². The number of thioether (sulfide) groups is 1. The number of nitrogens with zero attached hydrogens (tertiary/aromatic N) is 3. The van der Waals surface area contributed by atoms with Gasteiger partial charge in [0.2, 0.25) is 9.84 Å². The molecule has 1 aromatic carbocycles. The molecule has 0 amide bonds. The highest BCUT2D eigenvalue weighted by atomic mass is 35.5. The first-order chi connectivity index (χ1) is 11.4. The summed E-state index contributed by atoms with van der Waals surface area (Å²) in [5.41, 5.74) is 0.839. The first-order valence-electron chi connectivity index (χ1n) is 6.87. The Kier molecular flexibility index (Phi) is 4.46. The third kappa shape index (κ3) is 2.74. The molecule has 3 aromatic rings. The van der Waals surface area contributed by atoms with E-state index >= 15 is 0 Å². The quantitative estimate of drug-likeness (QED) is 0.508. The molecule has 24 heavy (non-hydrogen) atoms. The van der Waals surface area contributed by atoms with Crippen molar-refractivity contribution in [2.45, 2.75) is 21.7 Å². The van der Waals surface area contributed by atoms with Gasteiger partial charge in [-0.2, -0.15) is 5.10 Å². The summed E-state index contributed by atoms with van der Waals surface area (Å²) in [6, 6.07) is 7.83. The molecule has 9 heteroatoms. The lowest BCUT2D eigenvalue weighted by Gasteiger charge is -2.06. The number of fused-ring (bicyclic) bond motifs is 1. The van der Waals surface area contributed by atoms with Gasteiger partial charge in [0.1, 0.15) is 15.9 Å². The molecular formula is C15H14ClN3O3S2. The number of sulfone groups is 1. The number of hydrogen-bond donors (Lipinski definition) is 0. The molecule has 0 saturated heterocycles. The van der Waals surface area contributed by atoms with Crippen LogP contribution in [0, 0.1) is 6.92 Å². The average Bonchev–Trinajstić information content (AvgIpc) is 2.94. The summed E-state index contributed by atoms with van der Waals surface area (Å²) in [7, 11) is -2.28. The molecular weight excluding hydrogens is 370 g/mol. The van der Waals surface area contributed by atoms with Crippen molar-refractivity contribution in [2.24, 2.45) is 0 Å². The van der Waals surface area contributed by atoms with Gasteiger partial charge in [0.25, 0.3) is 0 Å². The van der Waals surface area contributed by atoms with E-state index in [0.29, 0.717) is 21.6 Å². The van der Waals surface area contributed by atoms with E-state index < -0.39 is 9.84 Å². The molecule has 6 nitrogen and oxygen atoms in total. The number of benzene rings is 1. The van der Waals surface area contributed by atoms with Gasteiger partial charge >= 0.3 is 0 Å². The second kappa shape index (κ2) is 6.27. The molecule has 2 aromatic heterocycles. The summed E-state index contributed by atoms with van der Waals surface area (Å²) < 4.78 is 32.7. The summed E-state index contributed by atoms with van der Waals surface area (Å²) in [4.78, 5) is 4.54. The van der Waals surface area contributed by atoms with E-state index in [2.05, 4.69) is 10.1 Å². The normalized spacial score (nSPS) is 11.8. The fraction of sp³-hybridized carbons (Fsp3) is 0.200. The Morgan fingerprint density at radius 3 is 2.50 bits per heavy atom. The van der Waals surface area contributed by atoms with Crippen LogP contribution in [-0.2, 0) is 9.84 Å². The lowest BCUT2D eigenvalue weighted by atomic mass is 10.3. The number of rotatable bonds is 4. The first-order valence-corrected chi connectivity index (χ1v) is 9.96. The van der Waals surface area contributed by atoms with Gasteiger partial charge in [0.05, 0.1) is 12.0 Å². The van der Waals surface area contributed by atoms with Crippen LogP contribution in [-0.4, -0.2) is 36.4 Å². The van der Waals surface area contributed by atoms with Crippen molar-refractivity contribution in [2.75, 3.05) is 13.4 Å². The molecule has 0 spiro atoms. The monoisotopic (exact) mass is 383 g/mol. The van der Waals surface area contributed by atoms with Crippen molar-refractivity contribution in [3.63, 3.8) is 0 Å². The van der Waals surface area contributed by atoms with Crippen molar-refractivity contribution in [3.05, 3.63) is 41.2 Å². The van der Waals surface area contributed by atoms with Crippen LogP contribution in [0.15, 0.2) is 45.1 Å². The molecule has 126 valence electrons. The molecule has 0 saturated carbocycles. The minimum absolute atomic E-state index is 0.0609. The Bertz CT molecular complexity index is 1010. The van der Waals surface area contributed by atoms with Crippen LogP contribution in [0.1, 0.15) is 5.69 Å². The van der Waals surface area contributed by atoms with Crippen LogP contribution in [0.5, 0.6) is 5.75 Å². The highest BCUT2D eigenvalue weighted by Gasteiger charge is 2.29. The molecule has 0 radical (unpaired) electrons. The zero-order valence-electron chi connectivity index (χ0n) is 13.1. The smallest absolute Gasteiger partial charge is 0.213 e. The molecule has 0 unspecified atom stereocenters. The van der Waals surface area contributed by atoms with Gasteiger partial charge in [-0.3, -0.25) is 0 Å². The SMILES string of the molecule is COc1ccc(S(=O)(=O)c2c(SC)nn3c(Cl)cc(C)nc23)cc1. The Balaban J connectivity index is 2.30. The van der Waals surface area contributed by atoms with Gasteiger partial charge in [0.15, 0.2) is 10.5 Å². The van der Waals surface area contributed by atoms with Gasteiger partial charge < -0.3 is 4.74 Å². The van der Waals surface area contributed by atoms with Gasteiger partial charge in [-0.25, -0.2) is 17.9 Å². The van der Waals surface area contributed by atoms with E-state index in [-0.39, 0.29) is 15.4 Å². The van der Waals surface area contributed by atoms with E-state index in [4.69, 9.17) is 16.3 Å². The van der Waals surface area contributed by atoms with Crippen LogP contribution >= 0.6 is 23.4 Å². The minimum atomic E-state index is -3.80. The summed E-state index contributed by atoms with van der Waals surface area (Å²) in [5.74, 6) is 0.580. The predicted molar refractivity (Wildman–Crippen MR) is 93.0 cm³/mol. The third-order valence-electron chi connectivity index (χ3n) is 3.43. The van der Waals surface area contributed by atoms with Gasteiger partial charge in [0, 0.05) is 5.69 Å². The highest BCUT2D eigenvalue weighted by molar-refractivity contribution is 7.99. The molecule has 0 atom stereocenters. The van der Waals surface area contributed by atoms with Crippen molar-refractivity contribution in [1.29, 1.82) is 0 Å². The van der Waals surface area contributed by atoms with Crippen LogP contribution in [0.25, 0.3) is 5.65 Å². The Morgan fingerprint density at radius 1 is 1.25 bits per heavy atom. The molecule has 2 heterocycles. The van der Waals surface area contributed by atoms with E-state index in [0.717, 1.165) is 0 Å². The number of methoxy groups -OCH3 is 1. The summed E-state index contributed by atoms with van der Waals surface area (Å²) in [5, 5.41) is 4.94. The second-order valence-corrected chi connectivity index (χ2v) is 8.04. The number of hydrogen-bond acceptors (Lipinski definition) is 6. The molecule has 0 N–H and O–H groups in total. The topological polar surface area (TPSA) is 73.6 Å².